The maximum atomic E-state index is 14.7. The Morgan fingerprint density at radius 2 is 1.55 bits per heavy atom. The van der Waals surface area contributed by atoms with Crippen LogP contribution in [0.1, 0.15) is 48.4 Å². The van der Waals surface area contributed by atoms with Gasteiger partial charge in [-0.05, 0) is 83.8 Å². The topological polar surface area (TPSA) is 0 Å². The van der Waals surface area contributed by atoms with Gasteiger partial charge in [-0.2, -0.15) is 0 Å². The minimum absolute atomic E-state index is 0.211. The number of unbranched alkanes of at least 4 members (excludes halogenated alkanes) is 1. The summed E-state index contributed by atoms with van der Waals surface area (Å²) in [7, 11) is 0. The summed E-state index contributed by atoms with van der Waals surface area (Å²) in [6.07, 6.45) is 6.31. The fourth-order valence-electron chi connectivity index (χ4n) is 3.93. The summed E-state index contributed by atoms with van der Waals surface area (Å²) in [5.74, 6) is -0.914. The highest BCUT2D eigenvalue weighted by Gasteiger charge is 2.18. The molecule has 0 bridgehead atoms. The van der Waals surface area contributed by atoms with Crippen LogP contribution in [0.15, 0.2) is 54.6 Å². The van der Waals surface area contributed by atoms with Gasteiger partial charge in [0.05, 0.1) is 0 Å². The maximum absolute atomic E-state index is 14.7. The molecule has 0 saturated carbocycles. The fourth-order valence-corrected chi connectivity index (χ4v) is 3.93. The zero-order valence-electron chi connectivity index (χ0n) is 16.4. The monoisotopic (exact) mass is 392 g/mol. The van der Waals surface area contributed by atoms with Crippen LogP contribution in [0.4, 0.5) is 13.2 Å². The lowest BCUT2D eigenvalue weighted by atomic mass is 9.86. The second kappa shape index (κ2) is 8.28. The first-order chi connectivity index (χ1) is 14.0. The van der Waals surface area contributed by atoms with Crippen LogP contribution in [0.3, 0.4) is 0 Å². The van der Waals surface area contributed by atoms with E-state index in [0.29, 0.717) is 29.5 Å². The predicted molar refractivity (Wildman–Crippen MR) is 113 cm³/mol. The molecule has 3 heteroatoms. The summed E-state index contributed by atoms with van der Waals surface area (Å²) >= 11 is 0. The summed E-state index contributed by atoms with van der Waals surface area (Å²) in [5.41, 5.74) is 5.42. The molecule has 148 valence electrons. The Morgan fingerprint density at radius 3 is 2.28 bits per heavy atom. The molecule has 0 saturated heterocycles. The molecular weight excluding hydrogens is 369 g/mol. The van der Waals surface area contributed by atoms with Crippen molar-refractivity contribution in [2.75, 3.05) is 0 Å². The lowest BCUT2D eigenvalue weighted by Crippen LogP contribution is -2.03. The van der Waals surface area contributed by atoms with Gasteiger partial charge in [0.1, 0.15) is 17.5 Å². The van der Waals surface area contributed by atoms with E-state index >= 15 is 0 Å². The van der Waals surface area contributed by atoms with Crippen LogP contribution in [0.5, 0.6) is 0 Å². The van der Waals surface area contributed by atoms with Crippen LogP contribution >= 0.6 is 0 Å². The number of rotatable bonds is 5. The number of hydrogen-bond acceptors (Lipinski definition) is 0. The number of allylic oxidation sites excluding steroid dienone is 1. The summed E-state index contributed by atoms with van der Waals surface area (Å²) in [4.78, 5) is 0. The van der Waals surface area contributed by atoms with E-state index in [2.05, 4.69) is 6.92 Å². The van der Waals surface area contributed by atoms with Crippen LogP contribution in [0.2, 0.25) is 0 Å². The van der Waals surface area contributed by atoms with Crippen molar-refractivity contribution in [3.8, 4) is 11.1 Å². The molecule has 3 aromatic rings. The zero-order valence-corrected chi connectivity index (χ0v) is 16.4. The summed E-state index contributed by atoms with van der Waals surface area (Å²) in [6, 6.07) is 14.6. The Balaban J connectivity index is 1.66. The average Bonchev–Trinajstić information content (AvgIpc) is 2.72. The number of aryl methyl sites for hydroxylation is 2. The highest BCUT2D eigenvalue weighted by Crippen LogP contribution is 2.35. The number of fused-ring (bicyclic) bond motifs is 1. The van der Waals surface area contributed by atoms with Crippen LogP contribution in [0.25, 0.3) is 22.8 Å². The second-order valence-corrected chi connectivity index (χ2v) is 7.63. The summed E-state index contributed by atoms with van der Waals surface area (Å²) < 4.78 is 42.6. The van der Waals surface area contributed by atoms with E-state index in [9.17, 15) is 13.2 Å². The molecule has 0 radical (unpaired) electrons. The Hall–Kier alpha value is -2.81. The van der Waals surface area contributed by atoms with Gasteiger partial charge in [0, 0.05) is 11.1 Å². The molecule has 0 heterocycles. The van der Waals surface area contributed by atoms with E-state index in [1.807, 2.05) is 24.3 Å². The molecule has 0 aromatic heterocycles. The number of halogens is 3. The lowest BCUT2D eigenvalue weighted by molar-refractivity contribution is 0.619. The molecule has 0 amide bonds. The van der Waals surface area contributed by atoms with Gasteiger partial charge in [-0.3, -0.25) is 0 Å². The minimum Gasteiger partial charge on any atom is -0.207 e. The average molecular weight is 392 g/mol. The standard InChI is InChI=1S/C26H23F3/c1-2-3-4-17-5-12-23(25(28)13-17)20-7-6-19-15-24(26(29)16-21(19)14-20)18-8-10-22(27)11-9-18/h5,8-16H,2-4,6-7H2,1H3. The molecule has 1 aliphatic rings. The Morgan fingerprint density at radius 1 is 0.793 bits per heavy atom. The Bertz CT molecular complexity index is 1060. The normalized spacial score (nSPS) is 13.2. The van der Waals surface area contributed by atoms with Gasteiger partial charge >= 0.3 is 0 Å². The fraction of sp³-hybridized carbons (Fsp3) is 0.231. The van der Waals surface area contributed by atoms with Crippen molar-refractivity contribution in [1.82, 2.24) is 0 Å². The number of benzene rings is 3. The highest BCUT2D eigenvalue weighted by molar-refractivity contribution is 5.85. The van der Waals surface area contributed by atoms with Crippen molar-refractivity contribution in [3.05, 3.63) is 94.3 Å². The summed E-state index contributed by atoms with van der Waals surface area (Å²) in [6.45, 7) is 2.12. The van der Waals surface area contributed by atoms with Crippen molar-refractivity contribution in [3.63, 3.8) is 0 Å². The minimum atomic E-state index is -0.358. The highest BCUT2D eigenvalue weighted by atomic mass is 19.1. The van der Waals surface area contributed by atoms with Gasteiger partial charge in [0.25, 0.3) is 0 Å². The van der Waals surface area contributed by atoms with Gasteiger partial charge in [-0.1, -0.05) is 43.7 Å². The third-order valence-corrected chi connectivity index (χ3v) is 5.58. The molecule has 0 unspecified atom stereocenters. The quantitative estimate of drug-likeness (QED) is 0.419. The van der Waals surface area contributed by atoms with Crippen LogP contribution in [-0.4, -0.2) is 0 Å². The van der Waals surface area contributed by atoms with E-state index in [1.165, 1.54) is 18.2 Å². The first-order valence-electron chi connectivity index (χ1n) is 10.1. The molecule has 4 rings (SSSR count). The van der Waals surface area contributed by atoms with Crippen molar-refractivity contribution in [2.24, 2.45) is 0 Å². The van der Waals surface area contributed by atoms with Gasteiger partial charge < -0.3 is 0 Å². The first kappa shape index (κ1) is 19.5. The summed E-state index contributed by atoms with van der Waals surface area (Å²) in [5, 5.41) is 0. The third-order valence-electron chi connectivity index (χ3n) is 5.58. The molecule has 0 fully saturated rings. The largest absolute Gasteiger partial charge is 0.207 e. The van der Waals surface area contributed by atoms with Crippen LogP contribution in [-0.2, 0) is 12.8 Å². The van der Waals surface area contributed by atoms with Crippen LogP contribution in [0, 0.1) is 17.5 Å². The molecule has 1 aliphatic carbocycles. The van der Waals surface area contributed by atoms with Crippen LogP contribution < -0.4 is 0 Å². The van der Waals surface area contributed by atoms with Crippen molar-refractivity contribution >= 4 is 11.6 Å². The molecule has 0 aliphatic heterocycles. The van der Waals surface area contributed by atoms with Gasteiger partial charge in [0.15, 0.2) is 0 Å². The van der Waals surface area contributed by atoms with Gasteiger partial charge in [-0.25, -0.2) is 13.2 Å². The van der Waals surface area contributed by atoms with E-state index in [1.54, 1.807) is 18.2 Å². The van der Waals surface area contributed by atoms with E-state index in [0.717, 1.165) is 41.5 Å². The molecule has 0 spiro atoms. The molecule has 0 nitrogen and oxygen atoms in total. The Labute approximate surface area is 169 Å². The smallest absolute Gasteiger partial charge is 0.131 e. The second-order valence-electron chi connectivity index (χ2n) is 7.63. The predicted octanol–water partition coefficient (Wildman–Crippen LogP) is 7.60. The molecular formula is C26H23F3. The SMILES string of the molecule is CCCCc1ccc(C2=Cc3cc(F)c(-c4ccc(F)cc4)cc3CC2)c(F)c1. The zero-order chi connectivity index (χ0) is 20.4. The molecule has 0 N–H and O–H groups in total. The van der Waals surface area contributed by atoms with E-state index in [-0.39, 0.29) is 17.5 Å². The lowest BCUT2D eigenvalue weighted by Gasteiger charge is -2.19. The van der Waals surface area contributed by atoms with Crippen molar-refractivity contribution in [1.29, 1.82) is 0 Å². The number of hydrogen-bond donors (Lipinski definition) is 0. The third kappa shape index (κ3) is 4.14. The molecule has 3 aromatic carbocycles. The van der Waals surface area contributed by atoms with Crippen molar-refractivity contribution in [2.45, 2.75) is 39.0 Å². The van der Waals surface area contributed by atoms with Crippen molar-refractivity contribution < 1.29 is 13.2 Å². The molecule has 0 atom stereocenters. The van der Waals surface area contributed by atoms with E-state index < -0.39 is 0 Å². The van der Waals surface area contributed by atoms with E-state index in [4.69, 9.17) is 0 Å². The van der Waals surface area contributed by atoms with Gasteiger partial charge in [-0.15, -0.1) is 0 Å². The molecule has 29 heavy (non-hydrogen) atoms. The van der Waals surface area contributed by atoms with Gasteiger partial charge in [0.2, 0.25) is 0 Å². The Kier molecular flexibility index (Phi) is 5.57. The first-order valence-corrected chi connectivity index (χ1v) is 10.1. The maximum Gasteiger partial charge on any atom is 0.131 e.